The minimum absolute atomic E-state index is 0.0477. The van der Waals surface area contributed by atoms with Gasteiger partial charge in [0.25, 0.3) is 0 Å². The number of nitrogens with one attached hydrogen (secondary N) is 4. The maximum atomic E-state index is 12.3. The molecule has 1 saturated carbocycles. The smallest absolute Gasteiger partial charge is 0.244 e. The lowest BCUT2D eigenvalue weighted by atomic mass is 9.96. The van der Waals surface area contributed by atoms with E-state index in [0.29, 0.717) is 52.8 Å². The first-order valence-corrected chi connectivity index (χ1v) is 14.1. The molecule has 216 valence electrons. The minimum atomic E-state index is -0.772. The number of nitrogens with zero attached hydrogens (tertiary/aromatic N) is 5. The van der Waals surface area contributed by atoms with Gasteiger partial charge in [-0.05, 0) is 47.4 Å². The molecule has 0 radical (unpaired) electrons. The van der Waals surface area contributed by atoms with Gasteiger partial charge in [-0.25, -0.2) is 0 Å². The normalized spacial score (nSPS) is 16.1. The Labute approximate surface area is 249 Å². The Morgan fingerprint density at radius 3 is 2.63 bits per heavy atom. The summed E-state index contributed by atoms with van der Waals surface area (Å²) in [4.78, 5) is 21.0. The molecule has 11 nitrogen and oxygen atoms in total. The zero-order valence-electron chi connectivity index (χ0n) is 24.2. The van der Waals surface area contributed by atoms with Crippen LogP contribution in [0.25, 0.3) is 21.7 Å². The lowest BCUT2D eigenvalue weighted by Gasteiger charge is -2.24. The van der Waals surface area contributed by atoms with Crippen LogP contribution in [-0.2, 0) is 4.79 Å². The number of pyridine rings is 2. The molecule has 4 aromatic rings. The number of aromatic nitrogens is 2. The molecule has 1 aliphatic heterocycles. The molecular formula is C32H32N10O. The molecule has 1 aliphatic carbocycles. The fraction of sp³-hybridized carbons (Fsp3) is 0.281. The van der Waals surface area contributed by atoms with Crippen LogP contribution in [0.5, 0.6) is 0 Å². The van der Waals surface area contributed by atoms with Gasteiger partial charge < -0.3 is 21.8 Å². The fourth-order valence-electron chi connectivity index (χ4n) is 5.42. The van der Waals surface area contributed by atoms with E-state index in [4.69, 9.17) is 5.73 Å². The highest BCUT2D eigenvalue weighted by Gasteiger charge is 2.54. The van der Waals surface area contributed by atoms with Gasteiger partial charge in [0.15, 0.2) is 0 Å². The molecule has 1 atom stereocenters. The van der Waals surface area contributed by atoms with Crippen molar-refractivity contribution in [3.8, 4) is 12.1 Å². The van der Waals surface area contributed by atoms with E-state index in [1.807, 2.05) is 42.7 Å². The van der Waals surface area contributed by atoms with Crippen LogP contribution < -0.4 is 27.3 Å². The van der Waals surface area contributed by atoms with Gasteiger partial charge in [0, 0.05) is 47.8 Å². The number of primary amides is 1. The van der Waals surface area contributed by atoms with Crippen molar-refractivity contribution in [1.82, 2.24) is 25.9 Å². The third-order valence-corrected chi connectivity index (χ3v) is 7.89. The second-order valence-corrected chi connectivity index (χ2v) is 12.2. The molecule has 0 spiro atoms. The fourth-order valence-corrected chi connectivity index (χ4v) is 5.42. The molecule has 0 unspecified atom stereocenters. The van der Waals surface area contributed by atoms with Crippen LogP contribution in [0.2, 0.25) is 0 Å². The molecule has 0 saturated heterocycles. The standard InChI is InChI=1S/C32H32N10O/c1-31(2,3)18-38-28-21(14-34)16-37-27-20(13-33)11-22(12-25(27)28)39-29(24-6-4-5-19-15-36-10-7-23(19)24)26-17-42(41-40-26)32(8-9-32)30(35)43/h4-7,10-12,15-17,29,39-41H,8-9,18H2,1-3H3,(H2,35,43)(H,37,38)/t29-/m0/s1. The van der Waals surface area contributed by atoms with E-state index in [9.17, 15) is 15.3 Å². The van der Waals surface area contributed by atoms with Crippen molar-refractivity contribution < 1.29 is 4.79 Å². The van der Waals surface area contributed by atoms with Crippen LogP contribution in [-0.4, -0.2) is 33.0 Å². The van der Waals surface area contributed by atoms with E-state index in [1.54, 1.807) is 17.3 Å². The SMILES string of the molecule is CC(C)(C)CNc1c(C#N)cnc2c(C#N)cc(N[C@H](C3=CN(C4(C(N)=O)CC4)NN3)c3cccc4cnccc34)cc12. The summed E-state index contributed by atoms with van der Waals surface area (Å²) in [6.07, 6.45) is 8.26. The van der Waals surface area contributed by atoms with E-state index in [1.165, 1.54) is 6.20 Å². The number of nitrogens with two attached hydrogens (primary N) is 1. The molecule has 1 amide bonds. The average Bonchev–Trinajstić information content (AvgIpc) is 3.67. The molecule has 2 aromatic heterocycles. The van der Waals surface area contributed by atoms with Crippen LogP contribution >= 0.6 is 0 Å². The highest BCUT2D eigenvalue weighted by molar-refractivity contribution is 5.99. The molecular weight excluding hydrogens is 540 g/mol. The zero-order chi connectivity index (χ0) is 30.4. The first-order chi connectivity index (χ1) is 20.6. The van der Waals surface area contributed by atoms with Gasteiger partial charge in [-0.1, -0.05) is 39.0 Å². The van der Waals surface area contributed by atoms with E-state index in [0.717, 1.165) is 22.0 Å². The van der Waals surface area contributed by atoms with E-state index < -0.39 is 11.6 Å². The van der Waals surface area contributed by atoms with Crippen molar-refractivity contribution in [2.75, 3.05) is 17.2 Å². The summed E-state index contributed by atoms with van der Waals surface area (Å²) in [7, 11) is 0. The van der Waals surface area contributed by atoms with Crippen molar-refractivity contribution in [3.63, 3.8) is 0 Å². The molecule has 6 rings (SSSR count). The molecule has 2 aliphatic rings. The van der Waals surface area contributed by atoms with E-state index in [2.05, 4.69) is 64.5 Å². The van der Waals surface area contributed by atoms with Crippen molar-refractivity contribution in [2.24, 2.45) is 11.1 Å². The number of fused-ring (bicyclic) bond motifs is 2. The van der Waals surface area contributed by atoms with Gasteiger partial charge in [0.2, 0.25) is 5.91 Å². The number of benzene rings is 2. The Morgan fingerprint density at radius 2 is 1.93 bits per heavy atom. The largest absolute Gasteiger partial charge is 0.383 e. The number of anilines is 2. The summed E-state index contributed by atoms with van der Waals surface area (Å²) in [5.74, 6) is -0.385. The van der Waals surface area contributed by atoms with Crippen LogP contribution in [0.4, 0.5) is 11.4 Å². The zero-order valence-corrected chi connectivity index (χ0v) is 24.2. The number of carbonyl (C=O) groups excluding carboxylic acids is 1. The maximum Gasteiger partial charge on any atom is 0.244 e. The van der Waals surface area contributed by atoms with Gasteiger partial charge >= 0.3 is 0 Å². The van der Waals surface area contributed by atoms with Gasteiger partial charge in [-0.2, -0.15) is 10.5 Å². The average molecular weight is 573 g/mol. The molecule has 3 heterocycles. The predicted octanol–water partition coefficient (Wildman–Crippen LogP) is 4.32. The number of hydrogen-bond acceptors (Lipinski definition) is 10. The number of hydrogen-bond donors (Lipinski definition) is 5. The summed E-state index contributed by atoms with van der Waals surface area (Å²) < 4.78 is 0. The molecule has 1 fully saturated rings. The van der Waals surface area contributed by atoms with Gasteiger partial charge in [0.05, 0.1) is 34.1 Å². The maximum absolute atomic E-state index is 12.3. The van der Waals surface area contributed by atoms with Crippen molar-refractivity contribution in [1.29, 1.82) is 10.5 Å². The van der Waals surface area contributed by atoms with Gasteiger partial charge in [-0.3, -0.25) is 19.8 Å². The number of hydrazine groups is 2. The first-order valence-electron chi connectivity index (χ1n) is 14.1. The van der Waals surface area contributed by atoms with E-state index >= 15 is 0 Å². The first kappa shape index (κ1) is 27.8. The number of amides is 1. The molecule has 0 bridgehead atoms. The summed E-state index contributed by atoms with van der Waals surface area (Å²) in [5, 5.41) is 31.5. The second kappa shape index (κ2) is 10.5. The minimum Gasteiger partial charge on any atom is -0.383 e. The van der Waals surface area contributed by atoms with Crippen LogP contribution in [0.15, 0.2) is 66.9 Å². The lowest BCUT2D eigenvalue weighted by molar-refractivity contribution is -0.124. The number of nitriles is 2. The third-order valence-electron chi connectivity index (χ3n) is 7.89. The highest BCUT2D eigenvalue weighted by atomic mass is 16.2. The molecule has 43 heavy (non-hydrogen) atoms. The quantitative estimate of drug-likeness (QED) is 0.205. The Hall–Kier alpha value is -5.39. The van der Waals surface area contributed by atoms with Gasteiger partial charge in [-0.15, -0.1) is 5.53 Å². The summed E-state index contributed by atoms with van der Waals surface area (Å²) >= 11 is 0. The monoisotopic (exact) mass is 572 g/mol. The Kier molecular flexibility index (Phi) is 6.76. The number of rotatable bonds is 8. The van der Waals surface area contributed by atoms with E-state index in [-0.39, 0.29) is 11.3 Å². The summed E-state index contributed by atoms with van der Waals surface area (Å²) in [5.41, 5.74) is 15.6. The summed E-state index contributed by atoms with van der Waals surface area (Å²) in [6, 6.07) is 15.7. The van der Waals surface area contributed by atoms with Crippen LogP contribution in [0.3, 0.4) is 0 Å². The highest BCUT2D eigenvalue weighted by Crippen LogP contribution is 2.43. The number of carbonyl (C=O) groups is 1. The second-order valence-electron chi connectivity index (χ2n) is 12.2. The van der Waals surface area contributed by atoms with Crippen molar-refractivity contribution in [3.05, 3.63) is 83.6 Å². The van der Waals surface area contributed by atoms with Crippen LogP contribution in [0.1, 0.15) is 56.3 Å². The van der Waals surface area contributed by atoms with Crippen molar-refractivity contribution in [2.45, 2.75) is 45.2 Å². The third kappa shape index (κ3) is 5.11. The van der Waals surface area contributed by atoms with Crippen LogP contribution in [0, 0.1) is 28.1 Å². The lowest BCUT2D eigenvalue weighted by Crippen LogP contribution is -2.51. The Balaban J connectivity index is 1.49. The Bertz CT molecular complexity index is 1870. The topological polar surface area (TPSA) is 168 Å². The summed E-state index contributed by atoms with van der Waals surface area (Å²) in [6.45, 7) is 6.94. The molecule has 2 aromatic carbocycles. The predicted molar refractivity (Wildman–Crippen MR) is 165 cm³/mol. The Morgan fingerprint density at radius 1 is 1.14 bits per heavy atom. The van der Waals surface area contributed by atoms with Crippen molar-refractivity contribution >= 4 is 39.0 Å². The molecule has 11 heteroatoms. The van der Waals surface area contributed by atoms with Gasteiger partial charge in [0.1, 0.15) is 17.7 Å². The molecule has 6 N–H and O–H groups in total.